The Morgan fingerprint density at radius 3 is 2.61 bits per heavy atom. The third kappa shape index (κ3) is 2.41. The van der Waals surface area contributed by atoms with E-state index >= 15 is 0 Å². The molecule has 1 heterocycles. The molecule has 2 amide bonds. The van der Waals surface area contributed by atoms with Gasteiger partial charge in [0.15, 0.2) is 0 Å². The lowest BCUT2D eigenvalue weighted by molar-refractivity contribution is 0.197. The predicted molar refractivity (Wildman–Crippen MR) is 74.3 cm³/mol. The second-order valence-electron chi connectivity index (χ2n) is 4.35. The number of nitrogens with zero attached hydrogens (tertiary/aromatic N) is 2. The molecule has 98 valence electrons. The molecule has 2 rings (SSSR count). The van der Waals surface area contributed by atoms with Gasteiger partial charge in [-0.05, 0) is 17.7 Å². The van der Waals surface area contributed by atoms with Crippen LogP contribution in [0.4, 0.5) is 4.79 Å². The van der Waals surface area contributed by atoms with E-state index in [0.717, 1.165) is 17.9 Å². The number of carbonyl (C=O) groups excluding carboxylic acids is 1. The van der Waals surface area contributed by atoms with Gasteiger partial charge in [0.2, 0.25) is 0 Å². The van der Waals surface area contributed by atoms with Crippen LogP contribution in [0.1, 0.15) is 11.6 Å². The maximum atomic E-state index is 12.0. The summed E-state index contributed by atoms with van der Waals surface area (Å²) in [7, 11) is 3.49. The molecule has 0 N–H and O–H groups in total. The molecule has 4 nitrogen and oxygen atoms in total. The monoisotopic (exact) mass is 266 g/mol. The van der Waals surface area contributed by atoms with Crippen molar-refractivity contribution in [1.82, 2.24) is 9.80 Å². The molecule has 0 aromatic heterocycles. The molecule has 0 radical (unpaired) electrons. The van der Waals surface area contributed by atoms with E-state index in [1.54, 1.807) is 12.0 Å². The number of carbonyl (C=O) groups is 1. The van der Waals surface area contributed by atoms with Crippen LogP contribution in [-0.2, 0) is 0 Å². The molecule has 1 unspecified atom stereocenters. The van der Waals surface area contributed by atoms with E-state index in [4.69, 9.17) is 4.74 Å². The Kier molecular flexibility index (Phi) is 4.01. The summed E-state index contributed by atoms with van der Waals surface area (Å²) in [5.74, 6) is 1.52. The maximum Gasteiger partial charge on any atom is 0.320 e. The van der Waals surface area contributed by atoms with Crippen LogP contribution in [0.5, 0.6) is 5.75 Å². The summed E-state index contributed by atoms with van der Waals surface area (Å²) in [4.78, 5) is 15.6. The van der Waals surface area contributed by atoms with Crippen molar-refractivity contribution in [1.29, 1.82) is 0 Å². The zero-order valence-corrected chi connectivity index (χ0v) is 11.6. The van der Waals surface area contributed by atoms with Gasteiger partial charge in [0.25, 0.3) is 0 Å². The summed E-state index contributed by atoms with van der Waals surface area (Å²) in [6.07, 6.45) is 0. The van der Waals surface area contributed by atoms with Crippen molar-refractivity contribution in [2.45, 2.75) is 6.04 Å². The highest BCUT2D eigenvalue weighted by Gasteiger charge is 2.34. The van der Waals surface area contributed by atoms with Gasteiger partial charge >= 0.3 is 6.03 Å². The predicted octanol–water partition coefficient (Wildman–Crippen LogP) is 2.03. The highest BCUT2D eigenvalue weighted by molar-refractivity contribution is 7.80. The van der Waals surface area contributed by atoms with E-state index in [9.17, 15) is 4.79 Å². The molecule has 1 atom stereocenters. The summed E-state index contributed by atoms with van der Waals surface area (Å²) < 4.78 is 5.14. The average Bonchev–Trinajstić information content (AvgIpc) is 2.68. The minimum atomic E-state index is 0.0740. The Morgan fingerprint density at radius 1 is 1.39 bits per heavy atom. The summed E-state index contributed by atoms with van der Waals surface area (Å²) in [6, 6.07) is 8.06. The molecule has 0 bridgehead atoms. The number of ether oxygens (including phenoxy) is 1. The van der Waals surface area contributed by atoms with E-state index in [1.807, 2.05) is 36.2 Å². The fourth-order valence-electron chi connectivity index (χ4n) is 2.23. The SMILES string of the molecule is COc1ccc(C2CN(CCS)C(=O)N2C)cc1. The Hall–Kier alpha value is -1.36. The van der Waals surface area contributed by atoms with Gasteiger partial charge in [-0.25, -0.2) is 4.79 Å². The van der Waals surface area contributed by atoms with Gasteiger partial charge < -0.3 is 14.5 Å². The zero-order chi connectivity index (χ0) is 13.1. The molecule has 1 aromatic rings. The van der Waals surface area contributed by atoms with Gasteiger partial charge in [0.05, 0.1) is 13.2 Å². The minimum absolute atomic E-state index is 0.0740. The average molecular weight is 266 g/mol. The second-order valence-corrected chi connectivity index (χ2v) is 4.80. The molecule has 1 aliphatic rings. The lowest BCUT2D eigenvalue weighted by Crippen LogP contribution is -2.30. The first kappa shape index (κ1) is 13.1. The molecule has 5 heteroatoms. The normalized spacial score (nSPS) is 19.5. The van der Waals surface area contributed by atoms with Crippen LogP contribution in [0.25, 0.3) is 0 Å². The number of amides is 2. The van der Waals surface area contributed by atoms with Crippen molar-refractivity contribution >= 4 is 18.7 Å². The first-order valence-electron chi connectivity index (χ1n) is 5.94. The van der Waals surface area contributed by atoms with Crippen molar-refractivity contribution in [3.63, 3.8) is 0 Å². The van der Waals surface area contributed by atoms with Crippen molar-refractivity contribution in [2.24, 2.45) is 0 Å². The van der Waals surface area contributed by atoms with Crippen molar-refractivity contribution in [2.75, 3.05) is 33.0 Å². The van der Waals surface area contributed by atoms with Crippen molar-refractivity contribution < 1.29 is 9.53 Å². The molecule has 0 spiro atoms. The van der Waals surface area contributed by atoms with Gasteiger partial charge in [-0.3, -0.25) is 0 Å². The van der Waals surface area contributed by atoms with Gasteiger partial charge in [-0.1, -0.05) is 12.1 Å². The number of hydrogen-bond donors (Lipinski definition) is 1. The molecule has 0 saturated carbocycles. The Labute approximate surface area is 113 Å². The van der Waals surface area contributed by atoms with Crippen LogP contribution in [-0.4, -0.2) is 48.8 Å². The maximum absolute atomic E-state index is 12.0. The highest BCUT2D eigenvalue weighted by atomic mass is 32.1. The van der Waals surface area contributed by atoms with Crippen LogP contribution < -0.4 is 4.74 Å². The van der Waals surface area contributed by atoms with E-state index in [1.165, 1.54) is 0 Å². The smallest absolute Gasteiger partial charge is 0.320 e. The number of rotatable bonds is 4. The largest absolute Gasteiger partial charge is 0.497 e. The number of hydrogen-bond acceptors (Lipinski definition) is 3. The highest BCUT2D eigenvalue weighted by Crippen LogP contribution is 2.28. The second kappa shape index (κ2) is 5.52. The first-order valence-corrected chi connectivity index (χ1v) is 6.57. The molecular weight excluding hydrogens is 248 g/mol. The van der Waals surface area contributed by atoms with Crippen LogP contribution in [0.3, 0.4) is 0 Å². The molecule has 1 saturated heterocycles. The fraction of sp³-hybridized carbons (Fsp3) is 0.462. The van der Waals surface area contributed by atoms with E-state index < -0.39 is 0 Å². The Balaban J connectivity index is 2.15. The van der Waals surface area contributed by atoms with Crippen molar-refractivity contribution in [3.05, 3.63) is 29.8 Å². The number of methoxy groups -OCH3 is 1. The van der Waals surface area contributed by atoms with Crippen LogP contribution >= 0.6 is 12.6 Å². The van der Waals surface area contributed by atoms with Crippen LogP contribution in [0.15, 0.2) is 24.3 Å². The topological polar surface area (TPSA) is 32.8 Å². The Bertz CT molecular complexity index is 422. The summed E-state index contributed by atoms with van der Waals surface area (Å²) in [5, 5.41) is 0. The van der Waals surface area contributed by atoms with Gasteiger partial charge in [-0.2, -0.15) is 12.6 Å². The summed E-state index contributed by atoms with van der Waals surface area (Å²) in [6.45, 7) is 1.42. The standard InChI is InChI=1S/C13H18N2O2S/c1-14-12(9-15(7-8-18)13(14)16)10-3-5-11(17-2)6-4-10/h3-6,12,18H,7-9H2,1-2H3. The fourth-order valence-corrected chi connectivity index (χ4v) is 2.47. The van der Waals surface area contributed by atoms with Crippen molar-refractivity contribution in [3.8, 4) is 5.75 Å². The van der Waals surface area contributed by atoms with E-state index in [-0.39, 0.29) is 12.1 Å². The molecule has 18 heavy (non-hydrogen) atoms. The zero-order valence-electron chi connectivity index (χ0n) is 10.7. The lowest BCUT2D eigenvalue weighted by Gasteiger charge is -2.18. The van der Waals surface area contributed by atoms with Crippen LogP contribution in [0.2, 0.25) is 0 Å². The molecule has 1 fully saturated rings. The number of benzene rings is 1. The van der Waals surface area contributed by atoms with Gasteiger partial charge in [-0.15, -0.1) is 0 Å². The van der Waals surface area contributed by atoms with Crippen LogP contribution in [0, 0.1) is 0 Å². The van der Waals surface area contributed by atoms with E-state index in [2.05, 4.69) is 12.6 Å². The lowest BCUT2D eigenvalue weighted by atomic mass is 10.1. The number of likely N-dealkylation sites (N-methyl/N-ethyl adjacent to an activating group) is 1. The molecular formula is C13H18N2O2S. The first-order chi connectivity index (χ1) is 8.67. The Morgan fingerprint density at radius 2 is 2.06 bits per heavy atom. The number of urea groups is 1. The number of thiol groups is 1. The third-order valence-electron chi connectivity index (χ3n) is 3.30. The molecule has 1 aliphatic heterocycles. The minimum Gasteiger partial charge on any atom is -0.497 e. The molecule has 0 aliphatic carbocycles. The summed E-state index contributed by atoms with van der Waals surface area (Å²) in [5.41, 5.74) is 1.13. The quantitative estimate of drug-likeness (QED) is 0.846. The van der Waals surface area contributed by atoms with Gasteiger partial charge in [0, 0.05) is 25.9 Å². The third-order valence-corrected chi connectivity index (χ3v) is 3.50. The van der Waals surface area contributed by atoms with Gasteiger partial charge in [0.1, 0.15) is 5.75 Å². The molecule has 1 aromatic carbocycles. The van der Waals surface area contributed by atoms with E-state index in [0.29, 0.717) is 12.3 Å². The summed E-state index contributed by atoms with van der Waals surface area (Å²) >= 11 is 4.18.